The van der Waals surface area contributed by atoms with Crippen molar-refractivity contribution in [2.75, 3.05) is 11.4 Å². The second-order valence-corrected chi connectivity index (χ2v) is 5.49. The highest BCUT2D eigenvalue weighted by Crippen LogP contribution is 2.26. The van der Waals surface area contributed by atoms with E-state index in [-0.39, 0.29) is 0 Å². The van der Waals surface area contributed by atoms with Crippen LogP contribution in [0.4, 0.5) is 5.82 Å². The van der Waals surface area contributed by atoms with E-state index in [4.69, 9.17) is 0 Å². The minimum Gasteiger partial charge on any atom is -0.347 e. The molecule has 0 unspecified atom stereocenters. The second kappa shape index (κ2) is 4.55. The molecule has 0 fully saturated rings. The van der Waals surface area contributed by atoms with Gasteiger partial charge in [0.05, 0.1) is 17.8 Å². The fourth-order valence-electron chi connectivity index (χ4n) is 3.04. The molecule has 0 radical (unpaired) electrons. The fourth-order valence-corrected chi connectivity index (χ4v) is 3.04. The third kappa shape index (κ3) is 1.88. The highest BCUT2D eigenvalue weighted by atomic mass is 15.3. The number of imidazole rings is 1. The van der Waals surface area contributed by atoms with Gasteiger partial charge in [0.25, 0.3) is 0 Å². The molecule has 2 aromatic heterocycles. The largest absolute Gasteiger partial charge is 0.347 e. The van der Waals surface area contributed by atoms with Crippen molar-refractivity contribution in [1.29, 1.82) is 0 Å². The Balaban J connectivity index is 1.77. The molecule has 0 saturated carbocycles. The summed E-state index contributed by atoms with van der Waals surface area (Å²) in [6, 6.07) is 8.16. The lowest BCUT2D eigenvalue weighted by Crippen LogP contribution is -2.34. The van der Waals surface area contributed by atoms with Crippen LogP contribution in [0.3, 0.4) is 0 Å². The van der Waals surface area contributed by atoms with Crippen LogP contribution in [-0.2, 0) is 13.1 Å². The number of aromatic nitrogens is 4. The average Bonchev–Trinajstić information content (AvgIpc) is 2.81. The number of hydrogen-bond acceptors (Lipinski definition) is 4. The summed E-state index contributed by atoms with van der Waals surface area (Å²) in [7, 11) is 0. The Kier molecular flexibility index (Phi) is 2.67. The Labute approximate surface area is 123 Å². The van der Waals surface area contributed by atoms with Crippen LogP contribution >= 0.6 is 0 Å². The minimum absolute atomic E-state index is 0.801. The summed E-state index contributed by atoms with van der Waals surface area (Å²) in [5, 5.41) is 1.11. The van der Waals surface area contributed by atoms with Crippen molar-refractivity contribution in [2.45, 2.75) is 26.9 Å². The first-order valence-electron chi connectivity index (χ1n) is 7.21. The summed E-state index contributed by atoms with van der Waals surface area (Å²) < 4.78 is 2.31. The van der Waals surface area contributed by atoms with E-state index in [1.165, 1.54) is 5.69 Å². The maximum Gasteiger partial charge on any atom is 0.140 e. The Bertz CT molecular complexity index is 815. The molecule has 5 heteroatoms. The number of para-hydroxylation sites is 1. The van der Waals surface area contributed by atoms with Gasteiger partial charge in [-0.05, 0) is 26.0 Å². The summed E-state index contributed by atoms with van der Waals surface area (Å²) in [6.07, 6.45) is 1.65. The van der Waals surface area contributed by atoms with E-state index in [9.17, 15) is 0 Å². The summed E-state index contributed by atoms with van der Waals surface area (Å²) in [5.41, 5.74) is 3.39. The minimum atomic E-state index is 0.801. The van der Waals surface area contributed by atoms with Gasteiger partial charge in [-0.3, -0.25) is 0 Å². The fraction of sp³-hybridized carbons (Fsp3) is 0.312. The molecule has 4 rings (SSSR count). The molecular weight excluding hydrogens is 262 g/mol. The summed E-state index contributed by atoms with van der Waals surface area (Å²) in [4.78, 5) is 15.8. The topological polar surface area (TPSA) is 46.8 Å². The number of aryl methyl sites for hydroxylation is 1. The van der Waals surface area contributed by atoms with Crippen molar-refractivity contribution < 1.29 is 0 Å². The van der Waals surface area contributed by atoms with Gasteiger partial charge in [0.1, 0.15) is 18.0 Å². The number of fused-ring (bicyclic) bond motifs is 2. The lowest BCUT2D eigenvalue weighted by molar-refractivity contribution is 0.548. The molecule has 0 N–H and O–H groups in total. The number of nitrogens with zero attached hydrogens (tertiary/aromatic N) is 5. The molecule has 0 amide bonds. The molecule has 1 aromatic carbocycles. The first-order chi connectivity index (χ1) is 10.2. The Morgan fingerprint density at radius 2 is 1.90 bits per heavy atom. The monoisotopic (exact) mass is 279 g/mol. The quantitative estimate of drug-likeness (QED) is 0.686. The maximum atomic E-state index is 4.68. The molecule has 1 aliphatic heterocycles. The number of anilines is 1. The first-order valence-corrected chi connectivity index (χ1v) is 7.21. The van der Waals surface area contributed by atoms with Crippen LogP contribution in [0, 0.1) is 13.8 Å². The van der Waals surface area contributed by atoms with Crippen molar-refractivity contribution in [3.05, 3.63) is 47.8 Å². The number of rotatable bonds is 1. The molecule has 0 saturated heterocycles. The summed E-state index contributed by atoms with van der Waals surface area (Å²) in [6.45, 7) is 6.92. The van der Waals surface area contributed by atoms with Gasteiger partial charge in [-0.1, -0.05) is 12.1 Å². The Morgan fingerprint density at radius 1 is 1.05 bits per heavy atom. The molecule has 21 heavy (non-hydrogen) atoms. The van der Waals surface area contributed by atoms with E-state index in [1.54, 1.807) is 6.33 Å². The average molecular weight is 279 g/mol. The zero-order valence-corrected chi connectivity index (χ0v) is 12.2. The molecule has 3 aromatic rings. The molecule has 0 aliphatic carbocycles. The Morgan fingerprint density at radius 3 is 2.81 bits per heavy atom. The van der Waals surface area contributed by atoms with Crippen LogP contribution in [0.5, 0.6) is 0 Å². The highest BCUT2D eigenvalue weighted by molar-refractivity contribution is 5.89. The molecule has 0 atom stereocenters. The van der Waals surface area contributed by atoms with Crippen LogP contribution < -0.4 is 4.90 Å². The molecule has 106 valence electrons. The van der Waals surface area contributed by atoms with Crippen molar-refractivity contribution in [1.82, 2.24) is 19.5 Å². The smallest absolute Gasteiger partial charge is 0.140 e. The van der Waals surface area contributed by atoms with E-state index in [2.05, 4.69) is 44.3 Å². The highest BCUT2D eigenvalue weighted by Gasteiger charge is 2.22. The van der Waals surface area contributed by atoms with E-state index in [1.807, 2.05) is 18.2 Å². The standard InChI is InChI=1S/C16H17N5/c1-11-12(2)21-8-7-20(9-15(21)19-11)16-13-5-3-4-6-14(13)17-10-18-16/h3-6,10H,7-9H2,1-2H3. The molecule has 0 spiro atoms. The zero-order valence-electron chi connectivity index (χ0n) is 12.2. The first kappa shape index (κ1) is 12.3. The van der Waals surface area contributed by atoms with E-state index >= 15 is 0 Å². The lowest BCUT2D eigenvalue weighted by Gasteiger charge is -2.29. The predicted octanol–water partition coefficient (Wildman–Crippen LogP) is 2.46. The number of hydrogen-bond donors (Lipinski definition) is 0. The molecule has 3 heterocycles. The summed E-state index contributed by atoms with van der Waals surface area (Å²) in [5.74, 6) is 2.13. The van der Waals surface area contributed by atoms with Gasteiger partial charge >= 0.3 is 0 Å². The van der Waals surface area contributed by atoms with Gasteiger partial charge in [-0.15, -0.1) is 0 Å². The van der Waals surface area contributed by atoms with E-state index in [0.717, 1.165) is 47.9 Å². The maximum absolute atomic E-state index is 4.68. The normalized spacial score (nSPS) is 14.5. The van der Waals surface area contributed by atoms with Gasteiger partial charge in [-0.2, -0.15) is 0 Å². The van der Waals surface area contributed by atoms with Crippen molar-refractivity contribution >= 4 is 16.7 Å². The van der Waals surface area contributed by atoms with Crippen LogP contribution in [-0.4, -0.2) is 26.1 Å². The molecule has 1 aliphatic rings. The molecule has 5 nitrogen and oxygen atoms in total. The molecule has 0 bridgehead atoms. The van der Waals surface area contributed by atoms with Crippen molar-refractivity contribution in [3.8, 4) is 0 Å². The third-order valence-corrected chi connectivity index (χ3v) is 4.28. The third-order valence-electron chi connectivity index (χ3n) is 4.28. The van der Waals surface area contributed by atoms with E-state index < -0.39 is 0 Å². The van der Waals surface area contributed by atoms with Gasteiger partial charge in [0, 0.05) is 24.2 Å². The van der Waals surface area contributed by atoms with Crippen LogP contribution in [0.25, 0.3) is 10.9 Å². The second-order valence-electron chi connectivity index (χ2n) is 5.49. The van der Waals surface area contributed by atoms with Crippen LogP contribution in [0.2, 0.25) is 0 Å². The number of benzene rings is 1. The Hall–Kier alpha value is -2.43. The molecular formula is C16H17N5. The lowest BCUT2D eigenvalue weighted by atomic mass is 10.2. The van der Waals surface area contributed by atoms with Gasteiger partial charge in [0.2, 0.25) is 0 Å². The van der Waals surface area contributed by atoms with Gasteiger partial charge in [0.15, 0.2) is 0 Å². The predicted molar refractivity (Wildman–Crippen MR) is 82.3 cm³/mol. The van der Waals surface area contributed by atoms with Crippen LogP contribution in [0.15, 0.2) is 30.6 Å². The van der Waals surface area contributed by atoms with E-state index in [0.29, 0.717) is 0 Å². The SMILES string of the molecule is Cc1nc2n(c1C)CCN(c1ncnc3ccccc13)C2. The zero-order chi connectivity index (χ0) is 14.4. The van der Waals surface area contributed by atoms with Crippen molar-refractivity contribution in [2.24, 2.45) is 0 Å². The van der Waals surface area contributed by atoms with Gasteiger partial charge < -0.3 is 9.47 Å². The van der Waals surface area contributed by atoms with Gasteiger partial charge in [-0.25, -0.2) is 15.0 Å². The van der Waals surface area contributed by atoms with Crippen molar-refractivity contribution in [3.63, 3.8) is 0 Å². The van der Waals surface area contributed by atoms with Crippen LogP contribution in [0.1, 0.15) is 17.2 Å². The summed E-state index contributed by atoms with van der Waals surface area (Å²) >= 11 is 0.